The number of ether oxygens (including phenoxy) is 3. The summed E-state index contributed by atoms with van der Waals surface area (Å²) in [6.07, 6.45) is -1.65. The third-order valence-electron chi connectivity index (χ3n) is 2.47. The maximum Gasteiger partial charge on any atom is 0.346 e. The highest BCUT2D eigenvalue weighted by Crippen LogP contribution is 2.01. The van der Waals surface area contributed by atoms with Crippen molar-refractivity contribution in [1.29, 1.82) is 0 Å². The number of hydrogen-bond donors (Lipinski definition) is 0. The Bertz CT molecular complexity index is 287. The maximum atomic E-state index is 11.6. The molecule has 7 heteroatoms. The number of carbonyl (C=O) groups is 2. The summed E-state index contributed by atoms with van der Waals surface area (Å²) in [6, 6.07) is 0. The fraction of sp³-hybridized carbons (Fsp3) is 0.833. The molecule has 0 aromatic heterocycles. The molecule has 0 heterocycles. The zero-order chi connectivity index (χ0) is 14.8. The van der Waals surface area contributed by atoms with Crippen molar-refractivity contribution in [1.82, 2.24) is 4.90 Å². The minimum absolute atomic E-state index is 0.385. The number of esters is 2. The van der Waals surface area contributed by atoms with Crippen LogP contribution >= 0.6 is 11.6 Å². The molecule has 0 spiro atoms. The molecule has 0 rings (SSSR count). The summed E-state index contributed by atoms with van der Waals surface area (Å²) < 4.78 is 14.7. The normalized spacial score (nSPS) is 14.0. The molecule has 2 unspecified atom stereocenters. The van der Waals surface area contributed by atoms with Crippen molar-refractivity contribution in [3.63, 3.8) is 0 Å². The minimum Gasteiger partial charge on any atom is -0.466 e. The summed E-state index contributed by atoms with van der Waals surface area (Å²) in [5, 5.41) is 0. The Hall–Kier alpha value is -0.850. The number of carbonyl (C=O) groups excluding carboxylic acids is 2. The number of methoxy groups -OCH3 is 1. The molecule has 0 N–H and O–H groups in total. The molecule has 0 fully saturated rings. The lowest BCUT2D eigenvalue weighted by molar-refractivity contribution is -0.172. The molecule has 0 aliphatic carbocycles. The van der Waals surface area contributed by atoms with Crippen molar-refractivity contribution in [3.05, 3.63) is 0 Å². The number of halogens is 1. The van der Waals surface area contributed by atoms with E-state index in [9.17, 15) is 9.59 Å². The standard InChI is InChI=1S/C12H22ClNO5/c1-9(18-8-7-14(3)6-5-13)12(16)19-10(2)11(15)17-4/h9-10H,5-8H2,1-4H3. The van der Waals surface area contributed by atoms with Crippen LogP contribution in [0.4, 0.5) is 0 Å². The topological polar surface area (TPSA) is 65.1 Å². The van der Waals surface area contributed by atoms with Gasteiger partial charge in [-0.3, -0.25) is 0 Å². The Morgan fingerprint density at radius 1 is 1.16 bits per heavy atom. The zero-order valence-corrected chi connectivity index (χ0v) is 12.6. The molecule has 0 saturated heterocycles. The fourth-order valence-electron chi connectivity index (χ4n) is 1.19. The van der Waals surface area contributed by atoms with Crippen LogP contribution in [0.1, 0.15) is 13.8 Å². The highest BCUT2D eigenvalue weighted by Gasteiger charge is 2.22. The molecule has 2 atom stereocenters. The smallest absolute Gasteiger partial charge is 0.346 e. The van der Waals surface area contributed by atoms with E-state index in [1.54, 1.807) is 6.92 Å². The van der Waals surface area contributed by atoms with Crippen LogP contribution in [0.5, 0.6) is 0 Å². The first kappa shape index (κ1) is 18.1. The molecule has 0 aromatic carbocycles. The van der Waals surface area contributed by atoms with Gasteiger partial charge in [0, 0.05) is 19.0 Å². The van der Waals surface area contributed by atoms with Gasteiger partial charge in [0.1, 0.15) is 0 Å². The van der Waals surface area contributed by atoms with Crippen molar-refractivity contribution in [2.45, 2.75) is 26.1 Å². The van der Waals surface area contributed by atoms with Crippen LogP contribution in [-0.2, 0) is 23.8 Å². The van der Waals surface area contributed by atoms with E-state index in [2.05, 4.69) is 4.74 Å². The SMILES string of the molecule is COC(=O)C(C)OC(=O)C(C)OCCN(C)CCCl. The summed E-state index contributed by atoms with van der Waals surface area (Å²) >= 11 is 5.59. The molecular formula is C12H22ClNO5. The Kier molecular flexibility index (Phi) is 9.55. The van der Waals surface area contributed by atoms with Crippen molar-refractivity contribution in [2.75, 3.05) is 39.7 Å². The predicted molar refractivity (Wildman–Crippen MR) is 71.2 cm³/mol. The van der Waals surface area contributed by atoms with Gasteiger partial charge in [0.25, 0.3) is 0 Å². The fourth-order valence-corrected chi connectivity index (χ4v) is 1.48. The maximum absolute atomic E-state index is 11.6. The molecule has 112 valence electrons. The van der Waals surface area contributed by atoms with Gasteiger partial charge in [-0.25, -0.2) is 9.59 Å². The Balaban J connectivity index is 3.91. The number of rotatable bonds is 9. The van der Waals surface area contributed by atoms with E-state index in [1.165, 1.54) is 14.0 Å². The summed E-state index contributed by atoms with van der Waals surface area (Å²) in [7, 11) is 3.15. The second kappa shape index (κ2) is 10.00. The highest BCUT2D eigenvalue weighted by atomic mass is 35.5. The van der Waals surface area contributed by atoms with Crippen molar-refractivity contribution in [3.8, 4) is 0 Å². The van der Waals surface area contributed by atoms with Gasteiger partial charge in [0.15, 0.2) is 12.2 Å². The van der Waals surface area contributed by atoms with Gasteiger partial charge in [-0.05, 0) is 20.9 Å². The van der Waals surface area contributed by atoms with Crippen molar-refractivity contribution in [2.24, 2.45) is 0 Å². The third kappa shape index (κ3) is 8.02. The first-order chi connectivity index (χ1) is 8.92. The lowest BCUT2D eigenvalue weighted by Crippen LogP contribution is -2.33. The number of hydrogen-bond acceptors (Lipinski definition) is 6. The van der Waals surface area contributed by atoms with E-state index in [0.29, 0.717) is 19.0 Å². The highest BCUT2D eigenvalue weighted by molar-refractivity contribution is 6.18. The van der Waals surface area contributed by atoms with Crippen LogP contribution in [0.2, 0.25) is 0 Å². The largest absolute Gasteiger partial charge is 0.466 e. The molecule has 0 bridgehead atoms. The van der Waals surface area contributed by atoms with Crippen molar-refractivity contribution >= 4 is 23.5 Å². The van der Waals surface area contributed by atoms with E-state index < -0.39 is 24.1 Å². The van der Waals surface area contributed by atoms with Gasteiger partial charge in [-0.15, -0.1) is 11.6 Å². The van der Waals surface area contributed by atoms with E-state index in [1.807, 2.05) is 11.9 Å². The van der Waals surface area contributed by atoms with Gasteiger partial charge in [0.05, 0.1) is 13.7 Å². The average molecular weight is 296 g/mol. The summed E-state index contributed by atoms with van der Waals surface area (Å²) in [5.41, 5.74) is 0. The second-order valence-corrected chi connectivity index (χ2v) is 4.49. The molecule has 19 heavy (non-hydrogen) atoms. The van der Waals surface area contributed by atoms with Gasteiger partial charge in [-0.1, -0.05) is 0 Å². The van der Waals surface area contributed by atoms with E-state index in [0.717, 1.165) is 6.54 Å². The summed E-state index contributed by atoms with van der Waals surface area (Å²) in [4.78, 5) is 24.7. The lowest BCUT2D eigenvalue weighted by atomic mass is 10.3. The first-order valence-electron chi connectivity index (χ1n) is 6.06. The Morgan fingerprint density at radius 2 is 1.79 bits per heavy atom. The number of alkyl halides is 1. The minimum atomic E-state index is -0.928. The van der Waals surface area contributed by atoms with E-state index in [-0.39, 0.29) is 0 Å². The molecule has 0 saturated carbocycles. The van der Waals surface area contributed by atoms with Crippen LogP contribution in [-0.4, -0.2) is 68.8 Å². The lowest BCUT2D eigenvalue weighted by Gasteiger charge is -2.18. The molecule has 0 aromatic rings. The quantitative estimate of drug-likeness (QED) is 0.460. The van der Waals surface area contributed by atoms with Crippen molar-refractivity contribution < 1.29 is 23.8 Å². The van der Waals surface area contributed by atoms with E-state index in [4.69, 9.17) is 21.1 Å². The van der Waals surface area contributed by atoms with Gasteiger partial charge < -0.3 is 19.1 Å². The molecule has 0 aliphatic rings. The van der Waals surface area contributed by atoms with E-state index >= 15 is 0 Å². The molecule has 0 radical (unpaired) electrons. The molecule has 0 aliphatic heterocycles. The average Bonchev–Trinajstić information content (AvgIpc) is 2.37. The monoisotopic (exact) mass is 295 g/mol. The molecule has 0 amide bonds. The predicted octanol–water partition coefficient (Wildman–Crippen LogP) is 0.667. The van der Waals surface area contributed by atoms with Crippen LogP contribution in [0.3, 0.4) is 0 Å². The molecule has 6 nitrogen and oxygen atoms in total. The van der Waals surface area contributed by atoms with Crippen LogP contribution in [0.15, 0.2) is 0 Å². The molecular weight excluding hydrogens is 274 g/mol. The van der Waals surface area contributed by atoms with Gasteiger partial charge in [0.2, 0.25) is 0 Å². The number of likely N-dealkylation sites (N-methyl/N-ethyl adjacent to an activating group) is 1. The van der Waals surface area contributed by atoms with Gasteiger partial charge in [-0.2, -0.15) is 0 Å². The van der Waals surface area contributed by atoms with Crippen LogP contribution in [0.25, 0.3) is 0 Å². The van der Waals surface area contributed by atoms with Crippen LogP contribution < -0.4 is 0 Å². The van der Waals surface area contributed by atoms with Crippen LogP contribution in [0, 0.1) is 0 Å². The summed E-state index contributed by atoms with van der Waals surface area (Å²) in [5.74, 6) is -0.634. The second-order valence-electron chi connectivity index (χ2n) is 4.11. The summed E-state index contributed by atoms with van der Waals surface area (Å²) in [6.45, 7) is 4.83. The number of nitrogens with zero attached hydrogens (tertiary/aromatic N) is 1. The zero-order valence-electron chi connectivity index (χ0n) is 11.8. The van der Waals surface area contributed by atoms with Gasteiger partial charge >= 0.3 is 11.9 Å². The Labute approximate surface area is 118 Å². The first-order valence-corrected chi connectivity index (χ1v) is 6.60. The Morgan fingerprint density at radius 3 is 2.32 bits per heavy atom. The third-order valence-corrected chi connectivity index (χ3v) is 2.63.